The number of hydrogen-bond acceptors (Lipinski definition) is 6. The summed E-state index contributed by atoms with van der Waals surface area (Å²) >= 11 is 0. The molecule has 3 N–H and O–H groups in total. The summed E-state index contributed by atoms with van der Waals surface area (Å²) < 4.78 is 0. The smallest absolute Gasteiger partial charge is 0.225 e. The van der Waals surface area contributed by atoms with Crippen LogP contribution in [0.15, 0.2) is 78.9 Å². The molecule has 0 amide bonds. The van der Waals surface area contributed by atoms with Crippen LogP contribution in [0, 0.1) is 0 Å². The van der Waals surface area contributed by atoms with E-state index in [9.17, 15) is 5.11 Å². The SMILES string of the molecule is CN(C)c1nc(N[C@H]2CC[C@@H](NCc3cccc(C(O)c4ccccc4)c3)CC2)nc2ccccc12. The molecular formula is C30H35N5O. The molecule has 186 valence electrons. The molecule has 5 rings (SSSR count). The summed E-state index contributed by atoms with van der Waals surface area (Å²) in [4.78, 5) is 11.6. The minimum atomic E-state index is -0.599. The molecule has 0 radical (unpaired) electrons. The molecule has 1 unspecified atom stereocenters. The zero-order valence-electron chi connectivity index (χ0n) is 21.1. The second-order valence-electron chi connectivity index (χ2n) is 9.91. The van der Waals surface area contributed by atoms with Crippen LogP contribution in [0.4, 0.5) is 11.8 Å². The van der Waals surface area contributed by atoms with Crippen molar-refractivity contribution < 1.29 is 5.11 Å². The number of anilines is 2. The van der Waals surface area contributed by atoms with Crippen molar-refractivity contribution in [1.29, 1.82) is 0 Å². The van der Waals surface area contributed by atoms with Gasteiger partial charge < -0.3 is 20.6 Å². The molecule has 6 heteroatoms. The molecule has 1 fully saturated rings. The first-order valence-electron chi connectivity index (χ1n) is 12.8. The average molecular weight is 482 g/mol. The second-order valence-corrected chi connectivity index (χ2v) is 9.91. The number of aliphatic hydroxyl groups excluding tert-OH is 1. The summed E-state index contributed by atoms with van der Waals surface area (Å²) in [5.74, 6) is 1.65. The first-order valence-corrected chi connectivity index (χ1v) is 12.8. The highest BCUT2D eigenvalue weighted by Crippen LogP contribution is 2.27. The Hall–Kier alpha value is -3.48. The molecule has 1 aromatic heterocycles. The van der Waals surface area contributed by atoms with E-state index in [2.05, 4.69) is 28.8 Å². The fourth-order valence-electron chi connectivity index (χ4n) is 5.05. The average Bonchev–Trinajstić information content (AvgIpc) is 2.92. The highest BCUT2D eigenvalue weighted by molar-refractivity contribution is 5.90. The third-order valence-electron chi connectivity index (χ3n) is 7.04. The first-order chi connectivity index (χ1) is 17.6. The van der Waals surface area contributed by atoms with Gasteiger partial charge in [0.15, 0.2) is 0 Å². The van der Waals surface area contributed by atoms with Crippen molar-refractivity contribution in [3.05, 3.63) is 95.6 Å². The van der Waals surface area contributed by atoms with E-state index in [1.54, 1.807) is 0 Å². The van der Waals surface area contributed by atoms with Crippen LogP contribution in [0.25, 0.3) is 10.9 Å². The fourth-order valence-corrected chi connectivity index (χ4v) is 5.05. The van der Waals surface area contributed by atoms with Crippen LogP contribution in [0.1, 0.15) is 48.5 Å². The van der Waals surface area contributed by atoms with Gasteiger partial charge in [-0.15, -0.1) is 0 Å². The topological polar surface area (TPSA) is 73.3 Å². The molecule has 6 nitrogen and oxygen atoms in total. The number of fused-ring (bicyclic) bond motifs is 1. The lowest BCUT2D eigenvalue weighted by Crippen LogP contribution is -2.37. The van der Waals surface area contributed by atoms with E-state index in [1.165, 1.54) is 5.56 Å². The van der Waals surface area contributed by atoms with Gasteiger partial charge in [0, 0.05) is 38.1 Å². The third kappa shape index (κ3) is 5.66. The summed E-state index contributed by atoms with van der Waals surface area (Å²) in [6.07, 6.45) is 3.78. The standard InChI is InChI=1S/C30H35N5O/c1-35(2)29-26-13-6-7-14-27(26)33-30(34-29)32-25-17-15-24(16-18-25)31-20-21-9-8-12-23(19-21)28(36)22-10-4-3-5-11-22/h3-14,19,24-25,28,31,36H,15-18,20H2,1-2H3,(H,32,33,34)/t24-,25+,28?. The molecule has 0 bridgehead atoms. The highest BCUT2D eigenvalue weighted by Gasteiger charge is 2.22. The summed E-state index contributed by atoms with van der Waals surface area (Å²) in [7, 11) is 4.04. The highest BCUT2D eigenvalue weighted by atomic mass is 16.3. The number of nitrogens with one attached hydrogen (secondary N) is 2. The Bertz CT molecular complexity index is 1290. The summed E-state index contributed by atoms with van der Waals surface area (Å²) in [6.45, 7) is 0.804. The zero-order valence-corrected chi connectivity index (χ0v) is 21.1. The number of benzene rings is 3. The molecule has 3 aromatic carbocycles. The molecule has 1 aliphatic rings. The van der Waals surface area contributed by atoms with Gasteiger partial charge in [0.25, 0.3) is 0 Å². The maximum Gasteiger partial charge on any atom is 0.225 e. The van der Waals surface area contributed by atoms with Gasteiger partial charge in [-0.1, -0.05) is 66.7 Å². The number of rotatable bonds is 8. The number of para-hydroxylation sites is 1. The minimum Gasteiger partial charge on any atom is -0.384 e. The van der Waals surface area contributed by atoms with Gasteiger partial charge in [-0.25, -0.2) is 4.98 Å². The molecular weight excluding hydrogens is 446 g/mol. The molecule has 1 saturated carbocycles. The van der Waals surface area contributed by atoms with Crippen LogP contribution in [0.3, 0.4) is 0 Å². The third-order valence-corrected chi connectivity index (χ3v) is 7.04. The van der Waals surface area contributed by atoms with Crippen LogP contribution >= 0.6 is 0 Å². The van der Waals surface area contributed by atoms with Crippen molar-refractivity contribution in [2.45, 2.75) is 50.4 Å². The van der Waals surface area contributed by atoms with Crippen molar-refractivity contribution >= 4 is 22.7 Å². The van der Waals surface area contributed by atoms with Crippen LogP contribution < -0.4 is 15.5 Å². The van der Waals surface area contributed by atoms with Crippen molar-refractivity contribution in [3.8, 4) is 0 Å². The lowest BCUT2D eigenvalue weighted by atomic mass is 9.91. The summed E-state index contributed by atoms with van der Waals surface area (Å²) in [5, 5.41) is 19.1. The number of aliphatic hydroxyl groups is 1. The lowest BCUT2D eigenvalue weighted by molar-refractivity contribution is 0.220. The summed E-state index contributed by atoms with van der Waals surface area (Å²) in [5.41, 5.74) is 4.01. The van der Waals surface area contributed by atoms with Crippen LogP contribution in [-0.2, 0) is 6.54 Å². The van der Waals surface area contributed by atoms with E-state index in [4.69, 9.17) is 9.97 Å². The fraction of sp³-hybridized carbons (Fsp3) is 0.333. The predicted molar refractivity (Wildman–Crippen MR) is 147 cm³/mol. The van der Waals surface area contributed by atoms with E-state index >= 15 is 0 Å². The Morgan fingerprint density at radius 2 is 1.53 bits per heavy atom. The van der Waals surface area contributed by atoms with Crippen molar-refractivity contribution in [1.82, 2.24) is 15.3 Å². The van der Waals surface area contributed by atoms with E-state index in [0.29, 0.717) is 18.0 Å². The molecule has 4 aromatic rings. The van der Waals surface area contributed by atoms with Gasteiger partial charge in [-0.3, -0.25) is 0 Å². The number of nitrogens with zero attached hydrogens (tertiary/aromatic N) is 3. The summed E-state index contributed by atoms with van der Waals surface area (Å²) in [6, 6.07) is 27.1. The van der Waals surface area contributed by atoms with E-state index in [-0.39, 0.29) is 0 Å². The molecule has 1 atom stereocenters. The van der Waals surface area contributed by atoms with Crippen molar-refractivity contribution in [3.63, 3.8) is 0 Å². The Labute approximate surface area is 213 Å². The van der Waals surface area contributed by atoms with Gasteiger partial charge in [-0.2, -0.15) is 4.98 Å². The quantitative estimate of drug-likeness (QED) is 0.318. The Morgan fingerprint density at radius 1 is 0.833 bits per heavy atom. The number of hydrogen-bond donors (Lipinski definition) is 3. The van der Waals surface area contributed by atoms with E-state index in [0.717, 1.165) is 60.1 Å². The largest absolute Gasteiger partial charge is 0.384 e. The molecule has 1 aliphatic carbocycles. The van der Waals surface area contributed by atoms with Crippen LogP contribution in [0.2, 0.25) is 0 Å². The Balaban J connectivity index is 1.15. The van der Waals surface area contributed by atoms with Gasteiger partial charge in [0.05, 0.1) is 5.52 Å². The second kappa shape index (κ2) is 11.1. The van der Waals surface area contributed by atoms with Crippen LogP contribution in [0.5, 0.6) is 0 Å². The zero-order chi connectivity index (χ0) is 24.9. The molecule has 1 heterocycles. The maximum absolute atomic E-state index is 10.7. The van der Waals surface area contributed by atoms with Gasteiger partial charge in [-0.05, 0) is 54.5 Å². The molecule has 0 saturated heterocycles. The predicted octanol–water partition coefficient (Wildman–Crippen LogP) is 5.29. The lowest BCUT2D eigenvalue weighted by Gasteiger charge is -2.30. The molecule has 0 spiro atoms. The normalized spacial score (nSPS) is 18.6. The van der Waals surface area contributed by atoms with Crippen molar-refractivity contribution in [2.75, 3.05) is 24.3 Å². The van der Waals surface area contributed by atoms with Gasteiger partial charge >= 0.3 is 0 Å². The first kappa shape index (κ1) is 24.2. The van der Waals surface area contributed by atoms with E-state index in [1.807, 2.05) is 79.7 Å². The maximum atomic E-state index is 10.7. The van der Waals surface area contributed by atoms with E-state index < -0.39 is 6.10 Å². The van der Waals surface area contributed by atoms with Gasteiger partial charge in [0.2, 0.25) is 5.95 Å². The minimum absolute atomic E-state index is 0.378. The molecule has 0 aliphatic heterocycles. The molecule has 36 heavy (non-hydrogen) atoms. The van der Waals surface area contributed by atoms with Crippen molar-refractivity contribution in [2.24, 2.45) is 0 Å². The van der Waals surface area contributed by atoms with Gasteiger partial charge in [0.1, 0.15) is 11.9 Å². The Morgan fingerprint density at radius 3 is 2.31 bits per heavy atom. The number of aromatic nitrogens is 2. The monoisotopic (exact) mass is 481 g/mol. The Kier molecular flexibility index (Phi) is 7.44. The van der Waals surface area contributed by atoms with Crippen LogP contribution in [-0.4, -0.2) is 41.3 Å².